The summed E-state index contributed by atoms with van der Waals surface area (Å²) < 4.78 is 45.9. The minimum absolute atomic E-state index is 0.00264. The Labute approximate surface area is 128 Å². The van der Waals surface area contributed by atoms with Crippen LogP contribution < -0.4 is 4.90 Å². The molecule has 1 aliphatic rings. The van der Waals surface area contributed by atoms with Gasteiger partial charge in [0.05, 0.1) is 28.4 Å². The van der Waals surface area contributed by atoms with E-state index in [9.17, 15) is 13.2 Å². The summed E-state index contributed by atoms with van der Waals surface area (Å²) in [5, 5.41) is 8.84. The molecule has 0 amide bonds. The third kappa shape index (κ3) is 3.53. The molecular weight excluding hydrogens is 293 g/mol. The van der Waals surface area contributed by atoms with E-state index in [1.165, 1.54) is 12.1 Å². The Bertz CT molecular complexity index is 599. The Morgan fingerprint density at radius 2 is 1.68 bits per heavy atom. The standard InChI is InChI=1S/C16H19F3N2O/c1-14(2)9-21(10-15(3,4)22-14)13-6-5-11(8-20)7-12(13)16(17,18)19/h5-7H,9-10H2,1-4H3. The van der Waals surface area contributed by atoms with Crippen LogP contribution in [0.15, 0.2) is 18.2 Å². The molecule has 0 saturated carbocycles. The molecule has 0 N–H and O–H groups in total. The monoisotopic (exact) mass is 312 g/mol. The number of alkyl halides is 3. The van der Waals surface area contributed by atoms with Gasteiger partial charge in [-0.15, -0.1) is 0 Å². The quantitative estimate of drug-likeness (QED) is 0.787. The molecule has 1 fully saturated rings. The summed E-state index contributed by atoms with van der Waals surface area (Å²) in [4.78, 5) is 1.69. The molecule has 6 heteroatoms. The van der Waals surface area contributed by atoms with Gasteiger partial charge < -0.3 is 9.64 Å². The summed E-state index contributed by atoms with van der Waals surface area (Å²) >= 11 is 0. The van der Waals surface area contributed by atoms with Crippen LogP contribution >= 0.6 is 0 Å². The molecule has 0 spiro atoms. The highest BCUT2D eigenvalue weighted by atomic mass is 19.4. The summed E-state index contributed by atoms with van der Waals surface area (Å²) in [5.74, 6) is 0. The molecule has 0 aromatic heterocycles. The van der Waals surface area contributed by atoms with Gasteiger partial charge in [-0.1, -0.05) is 0 Å². The van der Waals surface area contributed by atoms with Crippen molar-refractivity contribution < 1.29 is 17.9 Å². The third-order valence-electron chi connectivity index (χ3n) is 3.47. The van der Waals surface area contributed by atoms with Crippen molar-refractivity contribution in [3.8, 4) is 6.07 Å². The fourth-order valence-corrected chi connectivity index (χ4v) is 3.07. The molecule has 0 radical (unpaired) electrons. The maximum Gasteiger partial charge on any atom is 0.418 e. The highest BCUT2D eigenvalue weighted by molar-refractivity contribution is 5.58. The number of morpholine rings is 1. The first-order chi connectivity index (χ1) is 9.93. The molecular formula is C16H19F3N2O. The van der Waals surface area contributed by atoms with Crippen LogP contribution in [0.4, 0.5) is 18.9 Å². The second kappa shape index (κ2) is 5.17. The predicted molar refractivity (Wildman–Crippen MR) is 77.6 cm³/mol. The van der Waals surface area contributed by atoms with E-state index >= 15 is 0 Å². The van der Waals surface area contributed by atoms with E-state index in [-0.39, 0.29) is 11.3 Å². The van der Waals surface area contributed by atoms with Crippen molar-refractivity contribution in [2.24, 2.45) is 0 Å². The first-order valence-electron chi connectivity index (χ1n) is 7.00. The smallest absolute Gasteiger partial charge is 0.366 e. The number of hydrogen-bond donors (Lipinski definition) is 0. The molecule has 2 rings (SSSR count). The van der Waals surface area contributed by atoms with Crippen LogP contribution in [-0.4, -0.2) is 24.3 Å². The molecule has 0 bridgehead atoms. The average Bonchev–Trinajstić information content (AvgIpc) is 2.33. The van der Waals surface area contributed by atoms with Crippen molar-refractivity contribution in [2.45, 2.75) is 45.1 Å². The second-order valence-electron chi connectivity index (χ2n) is 6.82. The fourth-order valence-electron chi connectivity index (χ4n) is 3.07. The first-order valence-corrected chi connectivity index (χ1v) is 7.00. The lowest BCUT2D eigenvalue weighted by molar-refractivity contribution is -0.141. The van der Waals surface area contributed by atoms with Gasteiger partial charge in [0.1, 0.15) is 0 Å². The highest BCUT2D eigenvalue weighted by Crippen LogP contribution is 2.40. The summed E-state index contributed by atoms with van der Waals surface area (Å²) in [6.45, 7) is 8.14. The molecule has 0 aliphatic carbocycles. The highest BCUT2D eigenvalue weighted by Gasteiger charge is 2.42. The molecule has 0 unspecified atom stereocenters. The first kappa shape index (κ1) is 16.6. The van der Waals surface area contributed by atoms with Crippen molar-refractivity contribution >= 4 is 5.69 Å². The van der Waals surface area contributed by atoms with Crippen molar-refractivity contribution in [2.75, 3.05) is 18.0 Å². The van der Waals surface area contributed by atoms with Crippen molar-refractivity contribution in [3.05, 3.63) is 29.3 Å². The minimum atomic E-state index is -4.51. The predicted octanol–water partition coefficient (Wildman–Crippen LogP) is 3.97. The van der Waals surface area contributed by atoms with Crippen molar-refractivity contribution in [1.29, 1.82) is 5.26 Å². The molecule has 1 aromatic carbocycles. The van der Waals surface area contributed by atoms with Gasteiger partial charge in [0.25, 0.3) is 0 Å². The van der Waals surface area contributed by atoms with Gasteiger partial charge in [0.15, 0.2) is 0 Å². The lowest BCUT2D eigenvalue weighted by Crippen LogP contribution is -2.57. The topological polar surface area (TPSA) is 36.3 Å². The Morgan fingerprint density at radius 1 is 1.14 bits per heavy atom. The molecule has 1 saturated heterocycles. The number of nitriles is 1. The van der Waals surface area contributed by atoms with Gasteiger partial charge in [-0.2, -0.15) is 18.4 Å². The van der Waals surface area contributed by atoms with Crippen LogP contribution in [0, 0.1) is 11.3 Å². The van der Waals surface area contributed by atoms with Gasteiger partial charge in [0, 0.05) is 18.8 Å². The average molecular weight is 312 g/mol. The van der Waals surface area contributed by atoms with Crippen LogP contribution in [0.3, 0.4) is 0 Å². The Hall–Kier alpha value is -1.74. The van der Waals surface area contributed by atoms with E-state index in [2.05, 4.69) is 0 Å². The van der Waals surface area contributed by atoms with Gasteiger partial charge in [-0.25, -0.2) is 0 Å². The Kier molecular flexibility index (Phi) is 3.90. The largest absolute Gasteiger partial charge is 0.418 e. The number of nitrogens with zero attached hydrogens (tertiary/aromatic N) is 2. The molecule has 22 heavy (non-hydrogen) atoms. The summed E-state index contributed by atoms with van der Waals surface area (Å²) in [6, 6.07) is 5.46. The zero-order valence-electron chi connectivity index (χ0n) is 13.1. The van der Waals surface area contributed by atoms with Crippen molar-refractivity contribution in [1.82, 2.24) is 0 Å². The Balaban J connectivity index is 2.50. The number of anilines is 1. The zero-order valence-corrected chi connectivity index (χ0v) is 13.1. The number of benzene rings is 1. The van der Waals surface area contributed by atoms with Crippen LogP contribution in [-0.2, 0) is 10.9 Å². The van der Waals surface area contributed by atoms with Gasteiger partial charge in [-0.3, -0.25) is 0 Å². The molecule has 1 aliphatic heterocycles. The molecule has 120 valence electrons. The number of rotatable bonds is 1. The van der Waals surface area contributed by atoms with Crippen LogP contribution in [0.1, 0.15) is 38.8 Å². The van der Waals surface area contributed by atoms with Crippen molar-refractivity contribution in [3.63, 3.8) is 0 Å². The molecule has 3 nitrogen and oxygen atoms in total. The van der Waals surface area contributed by atoms with E-state index in [1.54, 1.807) is 11.0 Å². The normalized spacial score (nSPS) is 20.5. The van der Waals surface area contributed by atoms with Gasteiger partial charge >= 0.3 is 6.18 Å². The lowest BCUT2D eigenvalue weighted by Gasteiger charge is -2.48. The fraction of sp³-hybridized carbons (Fsp3) is 0.562. The van der Waals surface area contributed by atoms with Crippen LogP contribution in [0.2, 0.25) is 0 Å². The zero-order chi connectivity index (χ0) is 16.8. The number of halogens is 3. The van der Waals surface area contributed by atoms with Crippen LogP contribution in [0.5, 0.6) is 0 Å². The van der Waals surface area contributed by atoms with Crippen LogP contribution in [0.25, 0.3) is 0 Å². The molecule has 1 aromatic rings. The maximum absolute atomic E-state index is 13.3. The molecule has 0 atom stereocenters. The van der Waals surface area contributed by atoms with E-state index in [0.717, 1.165) is 6.07 Å². The van der Waals surface area contributed by atoms with E-state index < -0.39 is 22.9 Å². The van der Waals surface area contributed by atoms with E-state index in [1.807, 2.05) is 27.7 Å². The maximum atomic E-state index is 13.3. The SMILES string of the molecule is CC1(C)CN(c2ccc(C#N)cc2C(F)(F)F)CC(C)(C)O1. The Morgan fingerprint density at radius 3 is 2.14 bits per heavy atom. The third-order valence-corrected chi connectivity index (χ3v) is 3.47. The lowest BCUT2D eigenvalue weighted by atomic mass is 9.97. The second-order valence-corrected chi connectivity index (χ2v) is 6.82. The number of ether oxygens (including phenoxy) is 1. The van der Waals surface area contributed by atoms with Gasteiger partial charge in [0.2, 0.25) is 0 Å². The number of hydrogen-bond acceptors (Lipinski definition) is 3. The van der Waals surface area contributed by atoms with Gasteiger partial charge in [-0.05, 0) is 45.9 Å². The summed E-state index contributed by atoms with van der Waals surface area (Å²) in [5.41, 5.74) is -1.80. The summed E-state index contributed by atoms with van der Waals surface area (Å²) in [6.07, 6.45) is -4.51. The molecule has 1 heterocycles. The minimum Gasteiger partial charge on any atom is -0.366 e. The summed E-state index contributed by atoms with van der Waals surface area (Å²) in [7, 11) is 0. The van der Waals surface area contributed by atoms with E-state index in [4.69, 9.17) is 10.00 Å². The van der Waals surface area contributed by atoms with E-state index in [0.29, 0.717) is 13.1 Å².